The fourth-order valence-corrected chi connectivity index (χ4v) is 8.53. The van der Waals surface area contributed by atoms with Gasteiger partial charge in [-0.25, -0.2) is 0 Å². The van der Waals surface area contributed by atoms with Gasteiger partial charge >= 0.3 is 0 Å². The van der Waals surface area contributed by atoms with Crippen LogP contribution in [0.5, 0.6) is 5.88 Å². The van der Waals surface area contributed by atoms with E-state index < -0.39 is 0 Å². The summed E-state index contributed by atoms with van der Waals surface area (Å²) in [5, 5.41) is 13.8. The predicted molar refractivity (Wildman–Crippen MR) is 179 cm³/mol. The number of aromatic nitrogens is 3. The minimum atomic E-state index is -0.0810. The van der Waals surface area contributed by atoms with Gasteiger partial charge in [-0.2, -0.15) is 4.57 Å². The molecule has 0 saturated carbocycles. The van der Waals surface area contributed by atoms with E-state index in [4.69, 9.17) is 12.2 Å². The molecule has 0 aliphatic carbocycles. The number of allylic oxidation sites excluding steroid dienone is 3. The van der Waals surface area contributed by atoms with Crippen molar-refractivity contribution in [2.75, 3.05) is 0 Å². The van der Waals surface area contributed by atoms with Crippen molar-refractivity contribution in [2.24, 2.45) is 0 Å². The largest absolute Gasteiger partial charge is 0.859 e. The Morgan fingerprint density at radius 2 is 1.67 bits per heavy atom. The summed E-state index contributed by atoms with van der Waals surface area (Å²) in [6.07, 6.45) is 7.51. The van der Waals surface area contributed by atoms with Gasteiger partial charge in [-0.05, 0) is 68.2 Å². The summed E-state index contributed by atoms with van der Waals surface area (Å²) in [6.45, 7) is 11.5. The van der Waals surface area contributed by atoms with Crippen molar-refractivity contribution in [1.82, 2.24) is 9.13 Å². The minimum absolute atomic E-state index is 0.0795. The molecule has 3 aromatic heterocycles. The Labute approximate surface area is 262 Å². The zero-order valence-electron chi connectivity index (χ0n) is 23.7. The molecule has 3 heterocycles. The van der Waals surface area contributed by atoms with Crippen LogP contribution in [0.2, 0.25) is 0 Å². The number of nitrogens with zero attached hydrogens (tertiary/aromatic N) is 3. The zero-order valence-corrected chi connectivity index (χ0v) is 27.0. The quantitative estimate of drug-likeness (QED) is 0.111. The molecule has 0 atom stereocenters. The van der Waals surface area contributed by atoms with Gasteiger partial charge in [0.2, 0.25) is 5.69 Å². The Balaban J connectivity index is 1.69. The lowest BCUT2D eigenvalue weighted by Crippen LogP contribution is -2.37. The van der Waals surface area contributed by atoms with Gasteiger partial charge in [0.05, 0.1) is 10.6 Å². The zero-order chi connectivity index (χ0) is 29.8. The van der Waals surface area contributed by atoms with Gasteiger partial charge in [-0.1, -0.05) is 72.0 Å². The van der Waals surface area contributed by atoms with Crippen LogP contribution >= 0.6 is 46.2 Å². The molecule has 0 bridgehead atoms. The molecule has 5 aromatic rings. The van der Waals surface area contributed by atoms with Crippen molar-refractivity contribution in [3.8, 4) is 27.6 Å². The maximum atomic E-state index is 13.5. The molecule has 0 radical (unpaired) electrons. The van der Waals surface area contributed by atoms with Crippen LogP contribution in [-0.4, -0.2) is 9.13 Å². The first kappa shape index (κ1) is 29.8. The van der Waals surface area contributed by atoms with Crippen LogP contribution in [0, 0.1) is 3.95 Å². The van der Waals surface area contributed by atoms with E-state index in [2.05, 4.69) is 72.7 Å². The third-order valence-corrected chi connectivity index (χ3v) is 10.7. The maximum absolute atomic E-state index is 13.5. The average Bonchev–Trinajstić information content (AvgIpc) is 3.63. The second kappa shape index (κ2) is 13.1. The second-order valence-electron chi connectivity index (χ2n) is 9.51. The third-order valence-electron chi connectivity index (χ3n) is 6.86. The van der Waals surface area contributed by atoms with Gasteiger partial charge in [-0.15, -0.1) is 29.3 Å². The molecule has 5 nitrogen and oxygen atoms in total. The van der Waals surface area contributed by atoms with Crippen LogP contribution in [0.25, 0.3) is 39.4 Å². The Bertz CT molecular complexity index is 2010. The summed E-state index contributed by atoms with van der Waals surface area (Å²) in [6, 6.07) is 20.9. The van der Waals surface area contributed by atoms with Gasteiger partial charge in [0.1, 0.15) is 16.1 Å². The van der Waals surface area contributed by atoms with E-state index in [0.717, 1.165) is 38.6 Å². The number of hydrogen-bond acceptors (Lipinski definition) is 6. The number of thiazole rings is 3. The summed E-state index contributed by atoms with van der Waals surface area (Å²) in [5.74, 6) is -0.0795. The lowest BCUT2D eigenvalue weighted by molar-refractivity contribution is -0.679. The second-order valence-corrected chi connectivity index (χ2v) is 13.2. The highest BCUT2D eigenvalue weighted by atomic mass is 32.1. The van der Waals surface area contributed by atoms with Crippen LogP contribution in [0.1, 0.15) is 30.7 Å². The molecule has 0 N–H and O–H groups in total. The van der Waals surface area contributed by atoms with Crippen molar-refractivity contribution in [2.45, 2.75) is 40.4 Å². The van der Waals surface area contributed by atoms with E-state index in [1.165, 1.54) is 27.6 Å². The third kappa shape index (κ3) is 5.83. The number of benzene rings is 2. The topological polar surface area (TPSA) is 53.9 Å². The standard InChI is InChI=1S/C33H31N3O2S4/c1-5-20-36-27(40-25(31(36)37)19-18-22(4)29-32(38)35(7-3)33(39)42-29)21-26-34(6-2)28(23-14-10-8-11-15-23)30(41-26)24-16-12-9-13-17-24/h5,8-19,21H,1,6-7,20H2,2-4H3. The van der Waals surface area contributed by atoms with Crippen molar-refractivity contribution in [3.63, 3.8) is 0 Å². The van der Waals surface area contributed by atoms with Crippen LogP contribution in [0.3, 0.4) is 0 Å². The molecule has 0 aliphatic rings. The van der Waals surface area contributed by atoms with Crippen molar-refractivity contribution < 1.29 is 9.67 Å². The van der Waals surface area contributed by atoms with E-state index in [1.807, 2.05) is 38.1 Å². The summed E-state index contributed by atoms with van der Waals surface area (Å²) in [7, 11) is 0. The fourth-order valence-electron chi connectivity index (χ4n) is 4.78. The maximum Gasteiger partial charge on any atom is 0.269 e. The Morgan fingerprint density at radius 3 is 2.26 bits per heavy atom. The first-order chi connectivity index (χ1) is 20.4. The molecule has 2 aromatic carbocycles. The van der Waals surface area contributed by atoms with Crippen molar-refractivity contribution >= 4 is 64.0 Å². The molecule has 214 valence electrons. The Kier molecular flexibility index (Phi) is 9.33. The molecule has 42 heavy (non-hydrogen) atoms. The molecule has 0 saturated heterocycles. The fraction of sp³-hybridized carbons (Fsp3) is 0.182. The van der Waals surface area contributed by atoms with Gasteiger partial charge in [-0.3, -0.25) is 9.36 Å². The van der Waals surface area contributed by atoms with Crippen LogP contribution in [0.4, 0.5) is 0 Å². The lowest BCUT2D eigenvalue weighted by Gasteiger charge is -2.11. The molecular weight excluding hydrogens is 599 g/mol. The van der Waals surface area contributed by atoms with Crippen molar-refractivity contribution in [3.05, 3.63) is 113 Å². The predicted octanol–water partition coefficient (Wildman–Crippen LogP) is 6.20. The van der Waals surface area contributed by atoms with Gasteiger partial charge in [0, 0.05) is 23.5 Å². The van der Waals surface area contributed by atoms with Gasteiger partial charge in [0.15, 0.2) is 3.95 Å². The average molecular weight is 630 g/mol. The number of rotatable bonds is 9. The highest BCUT2D eigenvalue weighted by Gasteiger charge is 2.27. The number of hydrogen-bond donors (Lipinski definition) is 0. The van der Waals surface area contributed by atoms with Gasteiger partial charge < -0.3 is 9.67 Å². The summed E-state index contributed by atoms with van der Waals surface area (Å²) in [4.78, 5) is 15.3. The van der Waals surface area contributed by atoms with E-state index in [-0.39, 0.29) is 11.4 Å². The van der Waals surface area contributed by atoms with E-state index in [9.17, 15) is 9.90 Å². The first-order valence-corrected chi connectivity index (χ1v) is 16.5. The Hall–Kier alpha value is -3.63. The van der Waals surface area contributed by atoms with Crippen LogP contribution in [-0.2, 0) is 19.6 Å². The first-order valence-electron chi connectivity index (χ1n) is 13.7. The smallest absolute Gasteiger partial charge is 0.269 e. The summed E-state index contributed by atoms with van der Waals surface area (Å²) < 4.78 is 7.68. The normalized spacial score (nSPS) is 12.8. The van der Waals surface area contributed by atoms with E-state index >= 15 is 0 Å². The highest BCUT2D eigenvalue weighted by molar-refractivity contribution is 7.73. The molecular formula is C33H31N3O2S4. The van der Waals surface area contributed by atoms with E-state index in [1.54, 1.807) is 26.5 Å². The minimum Gasteiger partial charge on any atom is -0.859 e. The SMILES string of the molecule is C=CCn1c(=Cc2sc(-c3ccccc3)c(-c3ccccc3)[n+]2CC)sc(=CC=C(C)c2sc(=S)n(CC)c2[O-])c1=O. The van der Waals surface area contributed by atoms with E-state index in [0.29, 0.717) is 26.5 Å². The van der Waals surface area contributed by atoms with Gasteiger partial charge in [0.25, 0.3) is 10.6 Å². The lowest BCUT2D eigenvalue weighted by atomic mass is 10.1. The Morgan fingerprint density at radius 1 is 1.00 bits per heavy atom. The monoisotopic (exact) mass is 629 g/mol. The summed E-state index contributed by atoms with van der Waals surface area (Å²) in [5.41, 5.74) is 4.18. The van der Waals surface area contributed by atoms with Crippen LogP contribution < -0.4 is 24.4 Å². The molecule has 5 rings (SSSR count). The molecule has 0 aliphatic heterocycles. The molecule has 0 amide bonds. The molecule has 9 heteroatoms. The summed E-state index contributed by atoms with van der Waals surface area (Å²) >= 11 is 9.84. The molecule has 0 spiro atoms. The molecule has 0 fully saturated rings. The van der Waals surface area contributed by atoms with Crippen LogP contribution in [0.15, 0.2) is 84.2 Å². The molecule has 0 unspecified atom stereocenters. The van der Waals surface area contributed by atoms with Crippen molar-refractivity contribution in [1.29, 1.82) is 0 Å². The highest BCUT2D eigenvalue weighted by Crippen LogP contribution is 2.36.